The molecule has 0 saturated carbocycles. The summed E-state index contributed by atoms with van der Waals surface area (Å²) in [6.45, 7) is 8.55. The van der Waals surface area contributed by atoms with Crippen LogP contribution in [0.4, 0.5) is 0 Å². The second kappa shape index (κ2) is 6.15. The van der Waals surface area contributed by atoms with Crippen LogP contribution in [0.25, 0.3) is 0 Å². The van der Waals surface area contributed by atoms with Gasteiger partial charge in [0.25, 0.3) is 5.91 Å². The predicted octanol–water partition coefficient (Wildman–Crippen LogP) is 1.55. The molecule has 0 radical (unpaired) electrons. The minimum absolute atomic E-state index is 0.172. The number of rotatable bonds is 5. The summed E-state index contributed by atoms with van der Waals surface area (Å²) in [6.07, 6.45) is 0. The molecule has 1 aromatic heterocycles. The van der Waals surface area contributed by atoms with Crippen LogP contribution in [0.5, 0.6) is 0 Å². The predicted molar refractivity (Wildman–Crippen MR) is 66.8 cm³/mol. The van der Waals surface area contributed by atoms with Crippen molar-refractivity contribution >= 4 is 5.91 Å². The smallest absolute Gasteiger partial charge is 0.293 e. The van der Waals surface area contributed by atoms with E-state index in [1.165, 1.54) is 0 Å². The van der Waals surface area contributed by atoms with E-state index >= 15 is 0 Å². The lowest BCUT2D eigenvalue weighted by molar-refractivity contribution is 0.0741. The van der Waals surface area contributed by atoms with E-state index in [4.69, 9.17) is 5.26 Å². The molecule has 6 nitrogen and oxygen atoms in total. The molecule has 0 aliphatic heterocycles. The zero-order chi connectivity index (χ0) is 13.7. The summed E-state index contributed by atoms with van der Waals surface area (Å²) in [7, 11) is 0. The molecule has 1 aromatic rings. The third-order valence-electron chi connectivity index (χ3n) is 2.62. The molecule has 98 valence electrons. The lowest BCUT2D eigenvalue weighted by Crippen LogP contribution is -2.35. The maximum absolute atomic E-state index is 12.1. The summed E-state index contributed by atoms with van der Waals surface area (Å²) in [5.41, 5.74) is 0. The average Bonchev–Trinajstić information content (AvgIpc) is 2.84. The van der Waals surface area contributed by atoms with Gasteiger partial charge in [-0.25, -0.2) is 4.98 Å². The van der Waals surface area contributed by atoms with Crippen molar-refractivity contribution in [3.8, 4) is 6.07 Å². The zero-order valence-corrected chi connectivity index (χ0v) is 11.3. The van der Waals surface area contributed by atoms with Crippen LogP contribution in [-0.2, 0) is 0 Å². The van der Waals surface area contributed by atoms with E-state index in [-0.39, 0.29) is 23.6 Å². The quantitative estimate of drug-likeness (QED) is 0.857. The van der Waals surface area contributed by atoms with Crippen LogP contribution >= 0.6 is 0 Å². The Morgan fingerprint density at radius 1 is 1.50 bits per heavy atom. The number of aromatic amines is 1. The first-order valence-electron chi connectivity index (χ1n) is 6.10. The molecule has 0 spiro atoms. The van der Waals surface area contributed by atoms with Crippen molar-refractivity contribution in [2.75, 3.05) is 13.1 Å². The molecule has 1 N–H and O–H groups in total. The normalized spacial score (nSPS) is 12.2. The van der Waals surface area contributed by atoms with Gasteiger partial charge < -0.3 is 4.90 Å². The van der Waals surface area contributed by atoms with E-state index in [1.54, 1.807) is 11.8 Å². The first-order chi connectivity index (χ1) is 8.49. The van der Waals surface area contributed by atoms with Gasteiger partial charge in [0, 0.05) is 19.0 Å². The van der Waals surface area contributed by atoms with Crippen LogP contribution < -0.4 is 0 Å². The standard InChI is InChI=1S/C12H19N5O/c1-5-17(7-9(4)6-13)12(18)11-14-10(8(2)3)15-16-11/h8-9H,5,7H2,1-4H3,(H,14,15,16). The van der Waals surface area contributed by atoms with Gasteiger partial charge in [-0.2, -0.15) is 5.26 Å². The van der Waals surface area contributed by atoms with Crippen LogP contribution in [0.3, 0.4) is 0 Å². The van der Waals surface area contributed by atoms with Crippen molar-refractivity contribution in [3.63, 3.8) is 0 Å². The summed E-state index contributed by atoms with van der Waals surface area (Å²) in [5, 5.41) is 15.5. The van der Waals surface area contributed by atoms with Crippen molar-refractivity contribution in [3.05, 3.63) is 11.6 Å². The Labute approximate surface area is 107 Å². The highest BCUT2D eigenvalue weighted by molar-refractivity contribution is 5.90. The van der Waals surface area contributed by atoms with E-state index in [2.05, 4.69) is 21.3 Å². The van der Waals surface area contributed by atoms with Crippen LogP contribution in [-0.4, -0.2) is 39.1 Å². The molecule has 18 heavy (non-hydrogen) atoms. The van der Waals surface area contributed by atoms with Gasteiger partial charge in [-0.05, 0) is 13.8 Å². The van der Waals surface area contributed by atoms with E-state index < -0.39 is 0 Å². The topological polar surface area (TPSA) is 85.7 Å². The first-order valence-corrected chi connectivity index (χ1v) is 6.10. The number of nitrogens with one attached hydrogen (secondary N) is 1. The van der Waals surface area contributed by atoms with E-state index in [0.29, 0.717) is 18.9 Å². The van der Waals surface area contributed by atoms with Crippen molar-refractivity contribution in [1.82, 2.24) is 20.1 Å². The first kappa shape index (κ1) is 14.2. The Balaban J connectivity index is 2.80. The fraction of sp³-hybridized carbons (Fsp3) is 0.667. The van der Waals surface area contributed by atoms with E-state index in [9.17, 15) is 4.79 Å². The number of nitrogens with zero attached hydrogens (tertiary/aromatic N) is 4. The number of hydrogen-bond donors (Lipinski definition) is 1. The van der Waals surface area contributed by atoms with Crippen LogP contribution in [0.2, 0.25) is 0 Å². The van der Waals surface area contributed by atoms with Gasteiger partial charge in [0.15, 0.2) is 0 Å². The summed E-state index contributed by atoms with van der Waals surface area (Å²) < 4.78 is 0. The SMILES string of the molecule is CCN(CC(C)C#N)C(=O)c1n[nH]c(C(C)C)n1. The Hall–Kier alpha value is -1.90. The molecule has 6 heteroatoms. The van der Waals surface area contributed by atoms with Gasteiger partial charge in [0.1, 0.15) is 5.82 Å². The van der Waals surface area contributed by atoms with Gasteiger partial charge in [0.05, 0.1) is 12.0 Å². The van der Waals surface area contributed by atoms with Gasteiger partial charge in [-0.15, -0.1) is 5.10 Å². The molecule has 1 heterocycles. The molecule has 1 unspecified atom stereocenters. The molecular weight excluding hydrogens is 230 g/mol. The van der Waals surface area contributed by atoms with Crippen LogP contribution in [0.15, 0.2) is 0 Å². The van der Waals surface area contributed by atoms with Gasteiger partial charge >= 0.3 is 0 Å². The van der Waals surface area contributed by atoms with E-state index in [0.717, 1.165) is 0 Å². The minimum atomic E-state index is -0.234. The molecule has 0 aromatic carbocycles. The fourth-order valence-electron chi connectivity index (χ4n) is 1.50. The lowest BCUT2D eigenvalue weighted by Gasteiger charge is -2.20. The molecule has 1 rings (SSSR count). The number of H-pyrrole nitrogens is 1. The number of amides is 1. The second-order valence-corrected chi connectivity index (χ2v) is 4.57. The summed E-state index contributed by atoms with van der Waals surface area (Å²) in [4.78, 5) is 17.9. The maximum Gasteiger partial charge on any atom is 0.293 e. The summed E-state index contributed by atoms with van der Waals surface area (Å²) in [6, 6.07) is 2.12. The highest BCUT2D eigenvalue weighted by Crippen LogP contribution is 2.09. The molecule has 0 aliphatic rings. The second-order valence-electron chi connectivity index (χ2n) is 4.57. The largest absolute Gasteiger partial charge is 0.335 e. The molecular formula is C12H19N5O. The van der Waals surface area contributed by atoms with Crippen LogP contribution in [0.1, 0.15) is 50.1 Å². The maximum atomic E-state index is 12.1. The van der Waals surface area contributed by atoms with Crippen molar-refractivity contribution in [2.24, 2.45) is 5.92 Å². The number of carbonyl (C=O) groups excluding carboxylic acids is 1. The molecule has 1 amide bonds. The Morgan fingerprint density at radius 2 is 2.17 bits per heavy atom. The van der Waals surface area contributed by atoms with Gasteiger partial charge in [0.2, 0.25) is 5.82 Å². The van der Waals surface area contributed by atoms with Gasteiger partial charge in [-0.3, -0.25) is 9.89 Å². The molecule has 0 aliphatic carbocycles. The number of nitriles is 1. The molecule has 0 fully saturated rings. The number of carbonyl (C=O) groups is 1. The van der Waals surface area contributed by atoms with Crippen molar-refractivity contribution < 1.29 is 4.79 Å². The third kappa shape index (κ3) is 3.29. The van der Waals surface area contributed by atoms with Gasteiger partial charge in [-0.1, -0.05) is 13.8 Å². The van der Waals surface area contributed by atoms with Crippen LogP contribution in [0, 0.1) is 17.2 Å². The third-order valence-corrected chi connectivity index (χ3v) is 2.62. The Morgan fingerprint density at radius 3 is 2.61 bits per heavy atom. The summed E-state index contributed by atoms with van der Waals surface area (Å²) >= 11 is 0. The Kier molecular flexibility index (Phi) is 4.84. The molecule has 0 bridgehead atoms. The van der Waals surface area contributed by atoms with E-state index in [1.807, 2.05) is 20.8 Å². The minimum Gasteiger partial charge on any atom is -0.335 e. The zero-order valence-electron chi connectivity index (χ0n) is 11.3. The Bertz CT molecular complexity index is 446. The highest BCUT2D eigenvalue weighted by Gasteiger charge is 2.21. The average molecular weight is 249 g/mol. The number of hydrogen-bond acceptors (Lipinski definition) is 4. The molecule has 1 atom stereocenters. The van der Waals surface area contributed by atoms with Crippen molar-refractivity contribution in [2.45, 2.75) is 33.6 Å². The molecule has 0 saturated heterocycles. The summed E-state index contributed by atoms with van der Waals surface area (Å²) in [5.74, 6) is 0.640. The fourth-order valence-corrected chi connectivity index (χ4v) is 1.50. The highest BCUT2D eigenvalue weighted by atomic mass is 16.2. The van der Waals surface area contributed by atoms with Crippen molar-refractivity contribution in [1.29, 1.82) is 5.26 Å². The number of aromatic nitrogens is 3. The monoisotopic (exact) mass is 249 g/mol. The lowest BCUT2D eigenvalue weighted by atomic mass is 10.2.